The van der Waals surface area contributed by atoms with Gasteiger partial charge in [-0.25, -0.2) is 0 Å². The van der Waals surface area contributed by atoms with E-state index in [0.29, 0.717) is 17.6 Å². The molecule has 1 aromatic rings. The van der Waals surface area contributed by atoms with E-state index in [2.05, 4.69) is 29.4 Å². The summed E-state index contributed by atoms with van der Waals surface area (Å²) in [6.07, 6.45) is 7.69. The van der Waals surface area contributed by atoms with Gasteiger partial charge in [0.1, 0.15) is 0 Å². The summed E-state index contributed by atoms with van der Waals surface area (Å²) >= 11 is 0. The highest BCUT2D eigenvalue weighted by molar-refractivity contribution is 5.16. The Bertz CT molecular complexity index is 425. The van der Waals surface area contributed by atoms with E-state index in [1.54, 1.807) is 0 Å². The molecule has 19 heavy (non-hydrogen) atoms. The molecular weight excluding hydrogens is 236 g/mol. The molecule has 2 aliphatic rings. The van der Waals surface area contributed by atoms with Gasteiger partial charge < -0.3 is 10.1 Å². The Kier molecular flexibility index (Phi) is 3.59. The second-order valence-corrected chi connectivity index (χ2v) is 6.01. The maximum absolute atomic E-state index is 5.88. The SMILES string of the molecule is CCOC1CC(NCc2ccc(C)nc2)C12CCC2. The number of nitrogens with zero attached hydrogens (tertiary/aromatic N) is 1. The Morgan fingerprint density at radius 2 is 2.26 bits per heavy atom. The molecule has 1 aromatic heterocycles. The van der Waals surface area contributed by atoms with Gasteiger partial charge in [0.05, 0.1) is 6.10 Å². The lowest BCUT2D eigenvalue weighted by Crippen LogP contribution is -2.66. The van der Waals surface area contributed by atoms with Gasteiger partial charge in [-0.3, -0.25) is 4.98 Å². The van der Waals surface area contributed by atoms with Crippen LogP contribution in [0.15, 0.2) is 18.3 Å². The summed E-state index contributed by atoms with van der Waals surface area (Å²) in [4.78, 5) is 4.35. The summed E-state index contributed by atoms with van der Waals surface area (Å²) in [5.41, 5.74) is 2.81. The van der Waals surface area contributed by atoms with Gasteiger partial charge >= 0.3 is 0 Å². The van der Waals surface area contributed by atoms with Crippen molar-refractivity contribution in [2.75, 3.05) is 6.61 Å². The van der Waals surface area contributed by atoms with E-state index in [4.69, 9.17) is 4.74 Å². The van der Waals surface area contributed by atoms with Gasteiger partial charge in [0.2, 0.25) is 0 Å². The molecule has 1 N–H and O–H groups in total. The van der Waals surface area contributed by atoms with Crippen molar-refractivity contribution < 1.29 is 4.74 Å². The molecule has 104 valence electrons. The zero-order valence-corrected chi connectivity index (χ0v) is 12.0. The number of hydrogen-bond donors (Lipinski definition) is 1. The molecule has 2 atom stereocenters. The van der Waals surface area contributed by atoms with Gasteiger partial charge in [-0.05, 0) is 44.7 Å². The van der Waals surface area contributed by atoms with Gasteiger partial charge in [-0.2, -0.15) is 0 Å². The van der Waals surface area contributed by atoms with Crippen LogP contribution in [0, 0.1) is 12.3 Å². The number of hydrogen-bond acceptors (Lipinski definition) is 3. The molecule has 0 radical (unpaired) electrons. The van der Waals surface area contributed by atoms with Crippen LogP contribution in [0.5, 0.6) is 0 Å². The minimum Gasteiger partial charge on any atom is -0.378 e. The minimum absolute atomic E-state index is 0.453. The normalized spacial score (nSPS) is 27.9. The standard InChI is InChI=1S/C16H24N2O/c1-3-19-15-9-14(16(15)7-4-8-16)18-11-13-6-5-12(2)17-10-13/h5-6,10,14-15,18H,3-4,7-9,11H2,1-2H3. The summed E-state index contributed by atoms with van der Waals surface area (Å²) in [6.45, 7) is 5.91. The van der Waals surface area contributed by atoms with Crippen LogP contribution in [-0.4, -0.2) is 23.7 Å². The predicted molar refractivity (Wildman–Crippen MR) is 75.9 cm³/mol. The first-order chi connectivity index (χ1) is 9.24. The summed E-state index contributed by atoms with van der Waals surface area (Å²) < 4.78 is 5.88. The molecule has 1 heterocycles. The molecule has 2 aliphatic carbocycles. The van der Waals surface area contributed by atoms with Crippen molar-refractivity contribution in [3.05, 3.63) is 29.6 Å². The lowest BCUT2D eigenvalue weighted by atomic mass is 9.51. The van der Waals surface area contributed by atoms with Crippen molar-refractivity contribution in [2.24, 2.45) is 5.41 Å². The third kappa shape index (κ3) is 2.30. The van der Waals surface area contributed by atoms with Gasteiger partial charge in [0, 0.05) is 36.5 Å². The minimum atomic E-state index is 0.453. The second-order valence-electron chi connectivity index (χ2n) is 6.01. The fourth-order valence-electron chi connectivity index (χ4n) is 3.57. The largest absolute Gasteiger partial charge is 0.378 e. The summed E-state index contributed by atoms with van der Waals surface area (Å²) in [6, 6.07) is 4.89. The number of aryl methyl sites for hydroxylation is 1. The monoisotopic (exact) mass is 260 g/mol. The van der Waals surface area contributed by atoms with Crippen LogP contribution in [0.1, 0.15) is 43.9 Å². The van der Waals surface area contributed by atoms with Gasteiger partial charge in [-0.1, -0.05) is 12.5 Å². The molecule has 3 nitrogen and oxygen atoms in total. The lowest BCUT2D eigenvalue weighted by molar-refractivity contribution is -0.173. The van der Waals surface area contributed by atoms with E-state index in [9.17, 15) is 0 Å². The van der Waals surface area contributed by atoms with Crippen LogP contribution in [0.4, 0.5) is 0 Å². The van der Waals surface area contributed by atoms with Gasteiger partial charge in [-0.15, -0.1) is 0 Å². The Morgan fingerprint density at radius 1 is 1.42 bits per heavy atom. The van der Waals surface area contributed by atoms with Gasteiger partial charge in [0.15, 0.2) is 0 Å². The summed E-state index contributed by atoms with van der Waals surface area (Å²) in [7, 11) is 0. The first-order valence-electron chi connectivity index (χ1n) is 7.51. The quantitative estimate of drug-likeness (QED) is 0.884. The lowest BCUT2D eigenvalue weighted by Gasteiger charge is -2.61. The molecule has 0 amide bonds. The van der Waals surface area contributed by atoms with Crippen molar-refractivity contribution in [3.8, 4) is 0 Å². The van der Waals surface area contributed by atoms with E-state index in [1.165, 1.54) is 31.2 Å². The highest BCUT2D eigenvalue weighted by Crippen LogP contribution is 2.57. The molecule has 2 unspecified atom stereocenters. The molecule has 3 rings (SSSR count). The molecule has 2 fully saturated rings. The van der Waals surface area contributed by atoms with E-state index in [1.807, 2.05) is 13.1 Å². The average Bonchev–Trinajstić information content (AvgIpc) is 2.33. The Hall–Kier alpha value is -0.930. The Balaban J connectivity index is 1.55. The third-order valence-electron chi connectivity index (χ3n) is 4.96. The molecule has 0 aliphatic heterocycles. The molecule has 3 heteroatoms. The van der Waals surface area contributed by atoms with Gasteiger partial charge in [0.25, 0.3) is 0 Å². The van der Waals surface area contributed by atoms with Crippen LogP contribution in [0.2, 0.25) is 0 Å². The topological polar surface area (TPSA) is 34.1 Å². The van der Waals surface area contributed by atoms with E-state index >= 15 is 0 Å². The second kappa shape index (κ2) is 5.22. The van der Waals surface area contributed by atoms with Crippen molar-refractivity contribution in [1.82, 2.24) is 10.3 Å². The molecule has 2 saturated carbocycles. The van der Waals surface area contributed by atoms with Crippen LogP contribution in [-0.2, 0) is 11.3 Å². The number of rotatable bonds is 5. The highest BCUT2D eigenvalue weighted by atomic mass is 16.5. The Labute approximate surface area is 115 Å². The maximum Gasteiger partial charge on any atom is 0.0661 e. The van der Waals surface area contributed by atoms with Crippen LogP contribution >= 0.6 is 0 Å². The van der Waals surface area contributed by atoms with Crippen LogP contribution in [0.25, 0.3) is 0 Å². The van der Waals surface area contributed by atoms with E-state index < -0.39 is 0 Å². The zero-order valence-electron chi connectivity index (χ0n) is 12.0. The van der Waals surface area contributed by atoms with E-state index in [0.717, 1.165) is 18.8 Å². The number of nitrogens with one attached hydrogen (secondary N) is 1. The summed E-state index contributed by atoms with van der Waals surface area (Å²) in [5.74, 6) is 0. The zero-order chi connectivity index (χ0) is 13.3. The smallest absolute Gasteiger partial charge is 0.0661 e. The predicted octanol–water partition coefficient (Wildman–Crippen LogP) is 2.83. The molecule has 1 spiro atoms. The number of aromatic nitrogens is 1. The highest BCUT2D eigenvalue weighted by Gasteiger charge is 2.58. The van der Waals surface area contributed by atoms with Crippen LogP contribution < -0.4 is 5.32 Å². The van der Waals surface area contributed by atoms with Crippen LogP contribution in [0.3, 0.4) is 0 Å². The average molecular weight is 260 g/mol. The first-order valence-corrected chi connectivity index (χ1v) is 7.51. The third-order valence-corrected chi connectivity index (χ3v) is 4.96. The fraction of sp³-hybridized carbons (Fsp3) is 0.688. The molecule has 0 bridgehead atoms. The first kappa shape index (κ1) is 13.1. The Morgan fingerprint density at radius 3 is 2.84 bits per heavy atom. The maximum atomic E-state index is 5.88. The van der Waals surface area contributed by atoms with E-state index in [-0.39, 0.29) is 0 Å². The number of ether oxygens (including phenoxy) is 1. The molecule has 0 saturated heterocycles. The van der Waals surface area contributed by atoms with Crippen molar-refractivity contribution in [3.63, 3.8) is 0 Å². The van der Waals surface area contributed by atoms with Crippen molar-refractivity contribution >= 4 is 0 Å². The summed E-state index contributed by atoms with van der Waals surface area (Å²) in [5, 5.41) is 3.72. The van der Waals surface area contributed by atoms with Crippen molar-refractivity contribution in [2.45, 2.75) is 58.2 Å². The van der Waals surface area contributed by atoms with Crippen molar-refractivity contribution in [1.29, 1.82) is 0 Å². The number of pyridine rings is 1. The molecule has 0 aromatic carbocycles. The fourth-order valence-corrected chi connectivity index (χ4v) is 3.57. The molecular formula is C16H24N2O.